The molecular weight excluding hydrogens is 200 g/mol. The second kappa shape index (κ2) is 5.32. The van der Waals surface area contributed by atoms with E-state index in [4.69, 9.17) is 0 Å². The Balaban J connectivity index is 1.82. The van der Waals surface area contributed by atoms with Crippen molar-refractivity contribution in [1.82, 2.24) is 20.3 Å². The fraction of sp³-hybridized carbons (Fsp3) is 0.250. The largest absolute Gasteiger partial charge is 0.306 e. The number of pyridine rings is 1. The smallest absolute Gasteiger partial charge is 0.141 e. The predicted octanol–water partition coefficient (Wildman–Crippen LogP) is 1.47. The summed E-state index contributed by atoms with van der Waals surface area (Å²) in [6.45, 7) is 3.44. The van der Waals surface area contributed by atoms with E-state index >= 15 is 0 Å². The summed E-state index contributed by atoms with van der Waals surface area (Å²) in [5.41, 5.74) is 2.21. The fourth-order valence-corrected chi connectivity index (χ4v) is 1.34. The zero-order chi connectivity index (χ0) is 11.2. The van der Waals surface area contributed by atoms with Crippen LogP contribution < -0.4 is 5.32 Å². The highest BCUT2D eigenvalue weighted by Crippen LogP contribution is 1.98. The molecule has 0 saturated carbocycles. The van der Waals surface area contributed by atoms with E-state index < -0.39 is 0 Å². The third-order valence-electron chi connectivity index (χ3n) is 2.20. The van der Waals surface area contributed by atoms with E-state index in [9.17, 15) is 0 Å². The Bertz CT molecular complexity index is 425. The minimum Gasteiger partial charge on any atom is -0.306 e. The first kappa shape index (κ1) is 10.7. The first-order chi connectivity index (χ1) is 7.84. The van der Waals surface area contributed by atoms with Gasteiger partial charge >= 0.3 is 0 Å². The Hall–Kier alpha value is -1.81. The number of hydrogen-bond acceptors (Lipinski definition) is 4. The quantitative estimate of drug-likeness (QED) is 0.837. The number of nitrogens with one attached hydrogen (secondary N) is 1. The Morgan fingerprint density at radius 3 is 2.56 bits per heavy atom. The zero-order valence-electron chi connectivity index (χ0n) is 9.22. The molecule has 0 aliphatic rings. The number of rotatable bonds is 4. The van der Waals surface area contributed by atoms with Gasteiger partial charge in [-0.25, -0.2) is 9.97 Å². The molecule has 1 N–H and O–H groups in total. The lowest BCUT2D eigenvalue weighted by Gasteiger charge is -2.03. The molecular formula is C12H14N4. The van der Waals surface area contributed by atoms with Gasteiger partial charge in [-0.3, -0.25) is 4.98 Å². The normalized spacial score (nSPS) is 10.3. The second-order valence-electron chi connectivity index (χ2n) is 3.58. The van der Waals surface area contributed by atoms with Crippen molar-refractivity contribution in [2.75, 3.05) is 0 Å². The Morgan fingerprint density at radius 1 is 1.06 bits per heavy atom. The summed E-state index contributed by atoms with van der Waals surface area (Å²) in [5, 5.41) is 3.27. The molecule has 0 aliphatic carbocycles. The lowest BCUT2D eigenvalue weighted by Crippen LogP contribution is -2.14. The summed E-state index contributed by atoms with van der Waals surface area (Å²) >= 11 is 0. The van der Waals surface area contributed by atoms with E-state index in [-0.39, 0.29) is 0 Å². The van der Waals surface area contributed by atoms with Crippen molar-refractivity contribution in [3.8, 4) is 0 Å². The summed E-state index contributed by atoms with van der Waals surface area (Å²) in [6.07, 6.45) is 5.38. The van der Waals surface area contributed by atoms with Crippen molar-refractivity contribution in [3.05, 3.63) is 53.9 Å². The average molecular weight is 214 g/mol. The van der Waals surface area contributed by atoms with Crippen LogP contribution in [0.4, 0.5) is 0 Å². The van der Waals surface area contributed by atoms with Gasteiger partial charge in [0.25, 0.3) is 0 Å². The maximum atomic E-state index is 4.23. The van der Waals surface area contributed by atoms with Crippen molar-refractivity contribution < 1.29 is 0 Å². The minimum absolute atomic E-state index is 0.675. The number of aryl methyl sites for hydroxylation is 1. The van der Waals surface area contributed by atoms with E-state index in [0.29, 0.717) is 6.54 Å². The highest BCUT2D eigenvalue weighted by molar-refractivity contribution is 5.12. The van der Waals surface area contributed by atoms with Crippen LogP contribution >= 0.6 is 0 Å². The standard InChI is InChI=1S/C12H14N4/c1-10-3-4-11(8-16-10)7-13-9-12-14-5-2-6-15-12/h2-6,8,13H,7,9H2,1H3. The first-order valence-electron chi connectivity index (χ1n) is 5.23. The number of hydrogen-bond donors (Lipinski definition) is 1. The van der Waals surface area contributed by atoms with Gasteiger partial charge in [-0.2, -0.15) is 0 Å². The third kappa shape index (κ3) is 3.10. The van der Waals surface area contributed by atoms with Crippen LogP contribution in [0.2, 0.25) is 0 Å². The van der Waals surface area contributed by atoms with Crippen LogP contribution in [0.3, 0.4) is 0 Å². The molecule has 2 aromatic heterocycles. The molecule has 0 unspecified atom stereocenters. The van der Waals surface area contributed by atoms with Crippen LogP contribution in [0.1, 0.15) is 17.1 Å². The molecule has 0 amide bonds. The highest BCUT2D eigenvalue weighted by atomic mass is 14.9. The Labute approximate surface area is 94.8 Å². The zero-order valence-corrected chi connectivity index (χ0v) is 9.22. The van der Waals surface area contributed by atoms with Gasteiger partial charge in [0.2, 0.25) is 0 Å². The molecule has 2 rings (SSSR count). The topological polar surface area (TPSA) is 50.7 Å². The van der Waals surface area contributed by atoms with Gasteiger partial charge in [-0.15, -0.1) is 0 Å². The SMILES string of the molecule is Cc1ccc(CNCc2ncccn2)cn1. The van der Waals surface area contributed by atoms with Crippen LogP contribution in [0.15, 0.2) is 36.8 Å². The molecule has 2 aromatic rings. The maximum absolute atomic E-state index is 4.23. The van der Waals surface area contributed by atoms with Gasteiger partial charge in [0, 0.05) is 30.8 Å². The molecule has 0 atom stereocenters. The molecule has 0 radical (unpaired) electrons. The first-order valence-corrected chi connectivity index (χ1v) is 5.23. The van der Waals surface area contributed by atoms with Crippen molar-refractivity contribution >= 4 is 0 Å². The number of aromatic nitrogens is 3. The van der Waals surface area contributed by atoms with Crippen LogP contribution in [-0.4, -0.2) is 15.0 Å². The molecule has 82 valence electrons. The molecule has 4 heteroatoms. The van der Waals surface area contributed by atoms with Gasteiger partial charge in [-0.05, 0) is 24.6 Å². The van der Waals surface area contributed by atoms with Crippen LogP contribution in [0.25, 0.3) is 0 Å². The summed E-state index contributed by atoms with van der Waals surface area (Å²) in [6, 6.07) is 5.89. The average Bonchev–Trinajstić information content (AvgIpc) is 2.33. The minimum atomic E-state index is 0.675. The second-order valence-corrected chi connectivity index (χ2v) is 3.58. The van der Waals surface area contributed by atoms with Crippen LogP contribution in [0, 0.1) is 6.92 Å². The molecule has 16 heavy (non-hydrogen) atoms. The fourth-order valence-electron chi connectivity index (χ4n) is 1.34. The predicted molar refractivity (Wildman–Crippen MR) is 61.5 cm³/mol. The third-order valence-corrected chi connectivity index (χ3v) is 2.20. The Morgan fingerprint density at radius 2 is 1.88 bits per heavy atom. The van der Waals surface area contributed by atoms with Crippen molar-refractivity contribution in [2.45, 2.75) is 20.0 Å². The maximum Gasteiger partial charge on any atom is 0.141 e. The van der Waals surface area contributed by atoms with Crippen molar-refractivity contribution in [3.63, 3.8) is 0 Å². The van der Waals surface area contributed by atoms with E-state index in [1.54, 1.807) is 12.4 Å². The monoisotopic (exact) mass is 214 g/mol. The van der Waals surface area contributed by atoms with E-state index in [2.05, 4.69) is 26.3 Å². The van der Waals surface area contributed by atoms with Crippen molar-refractivity contribution in [2.24, 2.45) is 0 Å². The summed E-state index contributed by atoms with van der Waals surface area (Å²) in [4.78, 5) is 12.5. The lowest BCUT2D eigenvalue weighted by molar-refractivity contribution is 0.660. The van der Waals surface area contributed by atoms with Gasteiger partial charge in [0.05, 0.1) is 6.54 Å². The summed E-state index contributed by atoms with van der Waals surface area (Å²) < 4.78 is 0. The van der Waals surface area contributed by atoms with E-state index in [1.807, 2.05) is 25.3 Å². The summed E-state index contributed by atoms with van der Waals surface area (Å²) in [5.74, 6) is 0.808. The van der Waals surface area contributed by atoms with Gasteiger partial charge in [0.15, 0.2) is 0 Å². The summed E-state index contributed by atoms with van der Waals surface area (Å²) in [7, 11) is 0. The van der Waals surface area contributed by atoms with E-state index in [0.717, 1.165) is 18.1 Å². The molecule has 0 bridgehead atoms. The molecule has 0 aromatic carbocycles. The Kier molecular flexibility index (Phi) is 3.56. The molecule has 4 nitrogen and oxygen atoms in total. The number of nitrogens with zero attached hydrogens (tertiary/aromatic N) is 3. The van der Waals surface area contributed by atoms with Gasteiger partial charge in [0.1, 0.15) is 5.82 Å². The highest BCUT2D eigenvalue weighted by Gasteiger charge is 1.95. The van der Waals surface area contributed by atoms with E-state index in [1.165, 1.54) is 5.56 Å². The van der Waals surface area contributed by atoms with Crippen LogP contribution in [0.5, 0.6) is 0 Å². The molecule has 0 aliphatic heterocycles. The molecule has 2 heterocycles. The molecule has 0 fully saturated rings. The van der Waals surface area contributed by atoms with Gasteiger partial charge < -0.3 is 5.32 Å². The molecule has 0 saturated heterocycles. The van der Waals surface area contributed by atoms with Crippen LogP contribution in [-0.2, 0) is 13.1 Å². The van der Waals surface area contributed by atoms with Crippen molar-refractivity contribution in [1.29, 1.82) is 0 Å². The lowest BCUT2D eigenvalue weighted by atomic mass is 10.2. The molecule has 0 spiro atoms. The van der Waals surface area contributed by atoms with Gasteiger partial charge in [-0.1, -0.05) is 6.07 Å².